The molecule has 4 bridgehead atoms. The second-order valence-corrected chi connectivity index (χ2v) is 12.2. The van der Waals surface area contributed by atoms with Crippen molar-refractivity contribution in [1.29, 1.82) is 0 Å². The summed E-state index contributed by atoms with van der Waals surface area (Å²) in [6, 6.07) is 11.4. The Bertz CT molecular complexity index is 1140. The van der Waals surface area contributed by atoms with Gasteiger partial charge in [0.25, 0.3) is 0 Å². The molecule has 4 saturated carbocycles. The van der Waals surface area contributed by atoms with Gasteiger partial charge in [0.1, 0.15) is 5.76 Å². The van der Waals surface area contributed by atoms with Gasteiger partial charge in [0, 0.05) is 16.1 Å². The third-order valence-corrected chi connectivity index (χ3v) is 9.12. The molecule has 4 aliphatic carbocycles. The Balaban J connectivity index is 1.22. The first-order valence-corrected chi connectivity index (χ1v) is 13.4. The number of thioether (sulfide) groups is 1. The molecule has 2 heterocycles. The molecule has 8 heteroatoms. The molecule has 1 aromatic carbocycles. The predicted molar refractivity (Wildman–Crippen MR) is 133 cm³/mol. The van der Waals surface area contributed by atoms with Crippen LogP contribution in [-0.2, 0) is 11.3 Å². The molecule has 0 aliphatic heterocycles. The maximum atomic E-state index is 13.4. The molecule has 2 aromatic heterocycles. The summed E-state index contributed by atoms with van der Waals surface area (Å²) in [6.07, 6.45) is 9.21. The minimum Gasteiger partial charge on any atom is -0.467 e. The van der Waals surface area contributed by atoms with E-state index in [4.69, 9.17) is 16.0 Å². The molecule has 7 rings (SSSR count). The van der Waals surface area contributed by atoms with Crippen molar-refractivity contribution in [1.82, 2.24) is 20.1 Å². The number of carbonyl (C=O) groups is 1. The maximum absolute atomic E-state index is 13.4. The topological polar surface area (TPSA) is 73.0 Å². The largest absolute Gasteiger partial charge is 0.467 e. The highest BCUT2D eigenvalue weighted by molar-refractivity contribution is 8.00. The third-order valence-electron chi connectivity index (χ3n) is 7.79. The average molecular weight is 497 g/mol. The van der Waals surface area contributed by atoms with Crippen LogP contribution in [0, 0.1) is 17.8 Å². The van der Waals surface area contributed by atoms with E-state index in [0.717, 1.165) is 54.2 Å². The van der Waals surface area contributed by atoms with Gasteiger partial charge in [0.05, 0.1) is 18.1 Å². The first kappa shape index (κ1) is 22.2. The van der Waals surface area contributed by atoms with Crippen molar-refractivity contribution in [3.05, 3.63) is 53.4 Å². The third kappa shape index (κ3) is 4.29. The van der Waals surface area contributed by atoms with Crippen molar-refractivity contribution in [3.8, 4) is 11.4 Å². The molecule has 34 heavy (non-hydrogen) atoms. The zero-order valence-electron chi connectivity index (χ0n) is 19.2. The van der Waals surface area contributed by atoms with Gasteiger partial charge in [-0.05, 0) is 99.6 Å². The molecule has 0 spiro atoms. The van der Waals surface area contributed by atoms with Crippen LogP contribution in [0.5, 0.6) is 0 Å². The lowest BCUT2D eigenvalue weighted by molar-refractivity contribution is -0.126. The number of furan rings is 1. The fourth-order valence-electron chi connectivity index (χ4n) is 6.73. The number of carbonyl (C=O) groups excluding carboxylic acids is 1. The molecule has 4 aliphatic rings. The molecule has 0 saturated heterocycles. The quantitative estimate of drug-likeness (QED) is 0.418. The molecule has 1 amide bonds. The predicted octanol–water partition coefficient (Wildman–Crippen LogP) is 5.81. The number of hydrogen-bond donors (Lipinski definition) is 1. The Labute approximate surface area is 208 Å². The number of nitrogens with zero attached hydrogens (tertiary/aromatic N) is 3. The Hall–Kier alpha value is -2.25. The SMILES string of the molecule is C[C@@H](Sc1nnc(-c2ccc(Cl)cc2)n1Cc1ccco1)C(=O)NC12CC3CC(CC(C3)C1)C2. The maximum Gasteiger partial charge on any atom is 0.233 e. The van der Waals surface area contributed by atoms with Crippen molar-refractivity contribution in [2.24, 2.45) is 17.8 Å². The summed E-state index contributed by atoms with van der Waals surface area (Å²) in [5, 5.41) is 13.5. The summed E-state index contributed by atoms with van der Waals surface area (Å²) in [4.78, 5) is 13.4. The van der Waals surface area contributed by atoms with Gasteiger partial charge in [-0.3, -0.25) is 9.36 Å². The lowest BCUT2D eigenvalue weighted by Gasteiger charge is -2.57. The number of aromatic nitrogens is 3. The Morgan fingerprint density at radius 1 is 1.15 bits per heavy atom. The van der Waals surface area contributed by atoms with Gasteiger partial charge in [0.2, 0.25) is 5.91 Å². The minimum absolute atomic E-state index is 0.0109. The van der Waals surface area contributed by atoms with E-state index in [1.165, 1.54) is 31.0 Å². The van der Waals surface area contributed by atoms with E-state index < -0.39 is 0 Å². The first-order valence-electron chi connectivity index (χ1n) is 12.2. The number of hydrogen-bond acceptors (Lipinski definition) is 5. The first-order chi connectivity index (χ1) is 16.5. The van der Waals surface area contributed by atoms with Crippen LogP contribution in [0.25, 0.3) is 11.4 Å². The van der Waals surface area contributed by atoms with Crippen LogP contribution >= 0.6 is 23.4 Å². The highest BCUT2D eigenvalue weighted by Gasteiger charge is 2.51. The summed E-state index contributed by atoms with van der Waals surface area (Å²) in [5.41, 5.74) is 0.928. The number of nitrogens with one attached hydrogen (secondary N) is 1. The fraction of sp³-hybridized carbons (Fsp3) is 0.500. The average Bonchev–Trinajstić information content (AvgIpc) is 3.44. The zero-order valence-corrected chi connectivity index (χ0v) is 20.8. The van der Waals surface area contributed by atoms with E-state index in [1.807, 2.05) is 47.9 Å². The Morgan fingerprint density at radius 2 is 1.82 bits per heavy atom. The van der Waals surface area contributed by atoms with Crippen LogP contribution in [0.4, 0.5) is 0 Å². The van der Waals surface area contributed by atoms with Gasteiger partial charge in [-0.25, -0.2) is 0 Å². The van der Waals surface area contributed by atoms with Crippen molar-refractivity contribution in [3.63, 3.8) is 0 Å². The van der Waals surface area contributed by atoms with Gasteiger partial charge in [-0.2, -0.15) is 0 Å². The smallest absolute Gasteiger partial charge is 0.233 e. The molecule has 0 unspecified atom stereocenters. The van der Waals surface area contributed by atoms with Gasteiger partial charge in [-0.1, -0.05) is 23.4 Å². The molecular weight excluding hydrogens is 468 g/mol. The molecular formula is C26H29ClN4O2S. The summed E-state index contributed by atoms with van der Waals surface area (Å²) < 4.78 is 7.61. The van der Waals surface area contributed by atoms with E-state index in [1.54, 1.807) is 6.26 Å². The van der Waals surface area contributed by atoms with Crippen LogP contribution in [0.3, 0.4) is 0 Å². The number of rotatable bonds is 7. The van der Waals surface area contributed by atoms with Crippen molar-refractivity contribution >= 4 is 29.3 Å². The van der Waals surface area contributed by atoms with Crippen LogP contribution in [0.2, 0.25) is 5.02 Å². The van der Waals surface area contributed by atoms with E-state index in [9.17, 15) is 4.79 Å². The number of halogens is 1. The van der Waals surface area contributed by atoms with Gasteiger partial charge in [0.15, 0.2) is 11.0 Å². The molecule has 4 fully saturated rings. The second kappa shape index (κ2) is 8.76. The fourth-order valence-corrected chi connectivity index (χ4v) is 7.70. The van der Waals surface area contributed by atoms with Crippen molar-refractivity contribution < 1.29 is 9.21 Å². The number of amides is 1. The minimum atomic E-state index is -0.273. The summed E-state index contributed by atoms with van der Waals surface area (Å²) in [5.74, 6) is 4.04. The summed E-state index contributed by atoms with van der Waals surface area (Å²) in [6.45, 7) is 2.46. The molecule has 3 aromatic rings. The van der Waals surface area contributed by atoms with Crippen LogP contribution in [-0.4, -0.2) is 31.5 Å². The van der Waals surface area contributed by atoms with E-state index >= 15 is 0 Å². The van der Waals surface area contributed by atoms with Crippen molar-refractivity contribution in [2.45, 2.75) is 67.9 Å². The van der Waals surface area contributed by atoms with E-state index in [2.05, 4.69) is 15.5 Å². The van der Waals surface area contributed by atoms with Crippen molar-refractivity contribution in [2.75, 3.05) is 0 Å². The Kier molecular flexibility index (Phi) is 5.72. The molecule has 0 radical (unpaired) electrons. The summed E-state index contributed by atoms with van der Waals surface area (Å²) >= 11 is 7.54. The van der Waals surface area contributed by atoms with Crippen LogP contribution < -0.4 is 5.32 Å². The van der Waals surface area contributed by atoms with E-state index in [-0.39, 0.29) is 16.7 Å². The highest BCUT2D eigenvalue weighted by atomic mass is 35.5. The van der Waals surface area contributed by atoms with Crippen LogP contribution in [0.1, 0.15) is 51.2 Å². The standard InChI is InChI=1S/C26H29ClN4O2S/c1-16(24(32)28-26-12-17-9-18(13-26)11-19(10-17)14-26)34-25-30-29-23(20-4-6-21(27)7-5-20)31(25)15-22-3-2-8-33-22/h2-8,16-19H,9-15H2,1H3,(H,28,32)/t16-,17?,18?,19?,26?/m1/s1. The summed E-state index contributed by atoms with van der Waals surface area (Å²) in [7, 11) is 0. The highest BCUT2D eigenvalue weighted by Crippen LogP contribution is 2.55. The molecule has 1 N–H and O–H groups in total. The Morgan fingerprint density at radius 3 is 2.44 bits per heavy atom. The molecule has 6 nitrogen and oxygen atoms in total. The lowest BCUT2D eigenvalue weighted by Crippen LogP contribution is -2.60. The van der Waals surface area contributed by atoms with E-state index in [0.29, 0.717) is 16.7 Å². The normalized spacial score (nSPS) is 28.2. The van der Waals surface area contributed by atoms with Crippen LogP contribution in [0.15, 0.2) is 52.2 Å². The lowest BCUT2D eigenvalue weighted by atomic mass is 9.53. The van der Waals surface area contributed by atoms with Gasteiger partial charge in [-0.15, -0.1) is 10.2 Å². The number of benzene rings is 1. The zero-order chi connectivity index (χ0) is 23.3. The molecule has 1 atom stereocenters. The second-order valence-electron chi connectivity index (χ2n) is 10.4. The molecule has 178 valence electrons. The monoisotopic (exact) mass is 496 g/mol. The van der Waals surface area contributed by atoms with Gasteiger partial charge < -0.3 is 9.73 Å². The van der Waals surface area contributed by atoms with Gasteiger partial charge >= 0.3 is 0 Å².